The number of halogens is 2. The van der Waals surface area contributed by atoms with E-state index < -0.39 is 0 Å². The SMILES string of the molecule is COCCCNC(=S)Nc1cc(Br)ccc1F. The van der Waals surface area contributed by atoms with Gasteiger partial charge in [0.25, 0.3) is 0 Å². The highest BCUT2D eigenvalue weighted by Gasteiger charge is 2.04. The van der Waals surface area contributed by atoms with Crippen LogP contribution >= 0.6 is 28.1 Å². The van der Waals surface area contributed by atoms with E-state index in [1.54, 1.807) is 19.2 Å². The molecule has 2 N–H and O–H groups in total. The summed E-state index contributed by atoms with van der Waals surface area (Å²) >= 11 is 8.32. The zero-order valence-electron chi connectivity index (χ0n) is 9.43. The van der Waals surface area contributed by atoms with Gasteiger partial charge in [0.2, 0.25) is 0 Å². The maximum Gasteiger partial charge on any atom is 0.170 e. The molecule has 0 heterocycles. The molecule has 1 aromatic rings. The van der Waals surface area contributed by atoms with Gasteiger partial charge < -0.3 is 15.4 Å². The van der Waals surface area contributed by atoms with Crippen LogP contribution in [0.1, 0.15) is 6.42 Å². The number of nitrogens with one attached hydrogen (secondary N) is 2. The normalized spacial score (nSPS) is 10.1. The number of anilines is 1. The zero-order chi connectivity index (χ0) is 12.7. The van der Waals surface area contributed by atoms with Crippen molar-refractivity contribution in [3.05, 3.63) is 28.5 Å². The van der Waals surface area contributed by atoms with Gasteiger partial charge in [0.05, 0.1) is 5.69 Å². The minimum atomic E-state index is -0.339. The molecule has 3 nitrogen and oxygen atoms in total. The van der Waals surface area contributed by atoms with Crippen molar-refractivity contribution in [2.75, 3.05) is 25.6 Å². The fourth-order valence-electron chi connectivity index (χ4n) is 1.18. The summed E-state index contributed by atoms with van der Waals surface area (Å²) in [5.41, 5.74) is 0.351. The average molecular weight is 321 g/mol. The molecular weight excluding hydrogens is 307 g/mol. The minimum absolute atomic E-state index is 0.339. The van der Waals surface area contributed by atoms with Crippen molar-refractivity contribution in [2.24, 2.45) is 0 Å². The molecule has 0 amide bonds. The Kier molecular flexibility index (Phi) is 6.39. The van der Waals surface area contributed by atoms with Crippen LogP contribution in [0.25, 0.3) is 0 Å². The first-order chi connectivity index (χ1) is 8.13. The molecule has 0 atom stereocenters. The minimum Gasteiger partial charge on any atom is -0.385 e. The number of benzene rings is 1. The first-order valence-corrected chi connectivity index (χ1v) is 6.32. The van der Waals surface area contributed by atoms with E-state index in [2.05, 4.69) is 26.6 Å². The van der Waals surface area contributed by atoms with E-state index in [1.165, 1.54) is 6.07 Å². The van der Waals surface area contributed by atoms with Gasteiger partial charge in [0.15, 0.2) is 5.11 Å². The third-order valence-electron chi connectivity index (χ3n) is 1.99. The summed E-state index contributed by atoms with van der Waals surface area (Å²) in [7, 11) is 1.65. The molecule has 17 heavy (non-hydrogen) atoms. The number of thiocarbonyl (C=S) groups is 1. The molecular formula is C11H14BrFN2OS. The molecule has 1 rings (SSSR count). The lowest BCUT2D eigenvalue weighted by atomic mass is 10.3. The van der Waals surface area contributed by atoms with Crippen molar-refractivity contribution in [1.29, 1.82) is 0 Å². The van der Waals surface area contributed by atoms with Gasteiger partial charge in [-0.2, -0.15) is 0 Å². The Morgan fingerprint density at radius 1 is 1.53 bits per heavy atom. The highest BCUT2D eigenvalue weighted by Crippen LogP contribution is 2.19. The molecule has 6 heteroatoms. The van der Waals surface area contributed by atoms with E-state index in [0.29, 0.717) is 24.0 Å². The Morgan fingerprint density at radius 3 is 3.00 bits per heavy atom. The molecule has 0 bridgehead atoms. The Balaban J connectivity index is 2.42. The maximum atomic E-state index is 13.4. The molecule has 0 aliphatic rings. The second-order valence-electron chi connectivity index (χ2n) is 3.35. The van der Waals surface area contributed by atoms with Gasteiger partial charge in [-0.1, -0.05) is 15.9 Å². The second kappa shape index (κ2) is 7.58. The van der Waals surface area contributed by atoms with Crippen LogP contribution in [-0.2, 0) is 4.74 Å². The smallest absolute Gasteiger partial charge is 0.170 e. The molecule has 0 fully saturated rings. The third kappa shape index (κ3) is 5.43. The monoisotopic (exact) mass is 320 g/mol. The van der Waals surface area contributed by atoms with E-state index in [0.717, 1.165) is 10.9 Å². The van der Waals surface area contributed by atoms with Crippen LogP contribution in [0.15, 0.2) is 22.7 Å². The Bertz CT molecular complexity index is 390. The van der Waals surface area contributed by atoms with Gasteiger partial charge >= 0.3 is 0 Å². The fraction of sp³-hybridized carbons (Fsp3) is 0.364. The summed E-state index contributed by atoms with van der Waals surface area (Å²) in [4.78, 5) is 0. The maximum absolute atomic E-state index is 13.4. The molecule has 0 spiro atoms. The predicted octanol–water partition coefficient (Wildman–Crippen LogP) is 2.91. The molecule has 0 aromatic heterocycles. The summed E-state index contributed by atoms with van der Waals surface area (Å²) in [6, 6.07) is 4.65. The van der Waals surface area contributed by atoms with Gasteiger partial charge in [-0.25, -0.2) is 4.39 Å². The quantitative estimate of drug-likeness (QED) is 0.645. The van der Waals surface area contributed by atoms with Gasteiger partial charge in [0.1, 0.15) is 5.82 Å². The topological polar surface area (TPSA) is 33.3 Å². The summed E-state index contributed by atoms with van der Waals surface area (Å²) in [6.45, 7) is 1.36. The Labute approximate surface area is 114 Å². The van der Waals surface area contributed by atoms with Crippen LogP contribution in [0.3, 0.4) is 0 Å². The fourth-order valence-corrected chi connectivity index (χ4v) is 1.75. The molecule has 1 aromatic carbocycles. The van der Waals surface area contributed by atoms with E-state index >= 15 is 0 Å². The van der Waals surface area contributed by atoms with Crippen molar-refractivity contribution in [3.8, 4) is 0 Å². The number of rotatable bonds is 5. The van der Waals surface area contributed by atoms with Crippen LogP contribution in [0, 0.1) is 5.82 Å². The van der Waals surface area contributed by atoms with Gasteiger partial charge in [-0.15, -0.1) is 0 Å². The van der Waals surface area contributed by atoms with E-state index in [-0.39, 0.29) is 5.82 Å². The lowest BCUT2D eigenvalue weighted by Crippen LogP contribution is -2.30. The first-order valence-electron chi connectivity index (χ1n) is 5.12. The van der Waals surface area contributed by atoms with Crippen LogP contribution in [0.4, 0.5) is 10.1 Å². The Hall–Kier alpha value is -0.720. The van der Waals surface area contributed by atoms with Crippen LogP contribution in [0.2, 0.25) is 0 Å². The molecule has 0 aliphatic carbocycles. The molecule has 0 saturated carbocycles. The predicted molar refractivity (Wildman–Crippen MR) is 74.8 cm³/mol. The van der Waals surface area contributed by atoms with Gasteiger partial charge in [-0.3, -0.25) is 0 Å². The number of hydrogen-bond donors (Lipinski definition) is 2. The molecule has 0 saturated heterocycles. The van der Waals surface area contributed by atoms with Crippen molar-refractivity contribution in [1.82, 2.24) is 5.32 Å². The summed E-state index contributed by atoms with van der Waals surface area (Å²) in [5.74, 6) is -0.339. The number of hydrogen-bond acceptors (Lipinski definition) is 2. The third-order valence-corrected chi connectivity index (χ3v) is 2.73. The van der Waals surface area contributed by atoms with Crippen molar-refractivity contribution < 1.29 is 9.13 Å². The van der Waals surface area contributed by atoms with Crippen LogP contribution < -0.4 is 10.6 Å². The summed E-state index contributed by atoms with van der Waals surface area (Å²) in [6.07, 6.45) is 0.847. The molecule has 94 valence electrons. The van der Waals surface area contributed by atoms with Gasteiger partial charge in [-0.05, 0) is 36.8 Å². The van der Waals surface area contributed by atoms with Crippen molar-refractivity contribution in [2.45, 2.75) is 6.42 Å². The summed E-state index contributed by atoms with van der Waals surface area (Å²) < 4.78 is 19.1. The van der Waals surface area contributed by atoms with E-state index in [4.69, 9.17) is 17.0 Å². The second-order valence-corrected chi connectivity index (χ2v) is 4.68. The van der Waals surface area contributed by atoms with E-state index in [9.17, 15) is 4.39 Å². The highest BCUT2D eigenvalue weighted by molar-refractivity contribution is 9.10. The average Bonchev–Trinajstić information content (AvgIpc) is 2.29. The first kappa shape index (κ1) is 14.3. The van der Waals surface area contributed by atoms with Crippen LogP contribution in [0.5, 0.6) is 0 Å². The lowest BCUT2D eigenvalue weighted by molar-refractivity contribution is 0.196. The summed E-state index contributed by atoms with van der Waals surface area (Å²) in [5, 5.41) is 6.17. The van der Waals surface area contributed by atoms with Crippen molar-refractivity contribution in [3.63, 3.8) is 0 Å². The van der Waals surface area contributed by atoms with Crippen molar-refractivity contribution >= 4 is 38.9 Å². The molecule has 0 radical (unpaired) electrons. The number of methoxy groups -OCH3 is 1. The molecule has 0 aliphatic heterocycles. The highest BCUT2D eigenvalue weighted by atomic mass is 79.9. The molecule has 0 unspecified atom stereocenters. The number of ether oxygens (including phenoxy) is 1. The standard InChI is InChI=1S/C11H14BrFN2OS/c1-16-6-2-5-14-11(17)15-10-7-8(12)3-4-9(10)13/h3-4,7H,2,5-6H2,1H3,(H2,14,15,17). The van der Waals surface area contributed by atoms with E-state index in [1.807, 2.05) is 0 Å². The lowest BCUT2D eigenvalue weighted by Gasteiger charge is -2.11. The zero-order valence-corrected chi connectivity index (χ0v) is 11.8. The van der Waals surface area contributed by atoms with Crippen LogP contribution in [-0.4, -0.2) is 25.4 Å². The Morgan fingerprint density at radius 2 is 2.29 bits per heavy atom. The largest absolute Gasteiger partial charge is 0.385 e. The van der Waals surface area contributed by atoms with Gasteiger partial charge in [0, 0.05) is 24.7 Å².